The number of hydrogen-bond donors (Lipinski definition) is 2. The number of nitrogens with one attached hydrogen (secondary N) is 2. The van der Waals surface area contributed by atoms with E-state index in [-0.39, 0.29) is 18.2 Å². The Hall–Kier alpha value is -3.38. The fourth-order valence-corrected chi connectivity index (χ4v) is 4.28. The van der Waals surface area contributed by atoms with Gasteiger partial charge in [-0.1, -0.05) is 54.1 Å². The number of carbonyl (C=O) groups is 2. The monoisotopic (exact) mass is 462 g/mol. The van der Waals surface area contributed by atoms with Gasteiger partial charge in [0.15, 0.2) is 5.82 Å². The van der Waals surface area contributed by atoms with E-state index in [1.807, 2.05) is 42.5 Å². The summed E-state index contributed by atoms with van der Waals surface area (Å²) >= 11 is 6.20. The Morgan fingerprint density at radius 1 is 0.939 bits per heavy atom. The molecule has 170 valence electrons. The molecule has 1 aliphatic heterocycles. The van der Waals surface area contributed by atoms with Crippen molar-refractivity contribution in [1.82, 2.24) is 10.3 Å². The van der Waals surface area contributed by atoms with Gasteiger partial charge < -0.3 is 15.5 Å². The molecule has 6 nitrogen and oxygen atoms in total. The van der Waals surface area contributed by atoms with Crippen LogP contribution in [0.25, 0.3) is 0 Å². The number of rotatable bonds is 7. The molecule has 7 heteroatoms. The molecule has 1 saturated heterocycles. The van der Waals surface area contributed by atoms with Gasteiger partial charge in [-0.2, -0.15) is 0 Å². The Kier molecular flexibility index (Phi) is 7.58. The second-order valence-electron chi connectivity index (χ2n) is 8.09. The number of amides is 2. The van der Waals surface area contributed by atoms with E-state index in [2.05, 4.69) is 20.5 Å². The molecule has 33 heavy (non-hydrogen) atoms. The van der Waals surface area contributed by atoms with E-state index in [1.54, 1.807) is 30.5 Å². The molecule has 2 aromatic carbocycles. The van der Waals surface area contributed by atoms with Crippen LogP contribution in [0.4, 0.5) is 11.5 Å². The molecule has 3 aromatic rings. The first kappa shape index (κ1) is 22.8. The van der Waals surface area contributed by atoms with E-state index in [0.717, 1.165) is 37.3 Å². The van der Waals surface area contributed by atoms with Crippen LogP contribution in [-0.4, -0.2) is 29.9 Å². The standard InChI is InChI=1S/C26H27ClN4O2/c27-21-13-6-5-12-20(21)26(33)30-23(19-10-3-1-4-11-19)18-24(32)29-22-14-9-15-28-25(22)31-16-7-2-8-17-31/h1,3-6,9-15,23H,2,7-8,16-18H2,(H,29,32)(H,30,33). The third-order valence-electron chi connectivity index (χ3n) is 5.73. The zero-order chi connectivity index (χ0) is 23.0. The van der Waals surface area contributed by atoms with Gasteiger partial charge in [0, 0.05) is 19.3 Å². The second kappa shape index (κ2) is 11.0. The van der Waals surface area contributed by atoms with Crippen LogP contribution in [0.15, 0.2) is 72.9 Å². The van der Waals surface area contributed by atoms with Crippen molar-refractivity contribution in [2.75, 3.05) is 23.3 Å². The first-order valence-corrected chi connectivity index (χ1v) is 11.6. The lowest BCUT2D eigenvalue weighted by atomic mass is 10.0. The molecule has 0 aliphatic carbocycles. The Morgan fingerprint density at radius 2 is 1.67 bits per heavy atom. The van der Waals surface area contributed by atoms with Crippen LogP contribution >= 0.6 is 11.6 Å². The summed E-state index contributed by atoms with van der Waals surface area (Å²) in [5, 5.41) is 6.36. The third kappa shape index (κ3) is 5.90. The summed E-state index contributed by atoms with van der Waals surface area (Å²) in [5.74, 6) is 0.272. The highest BCUT2D eigenvalue weighted by atomic mass is 35.5. The van der Waals surface area contributed by atoms with Crippen molar-refractivity contribution >= 4 is 34.9 Å². The minimum atomic E-state index is -0.509. The molecule has 4 rings (SSSR count). The van der Waals surface area contributed by atoms with Crippen LogP contribution in [0.3, 0.4) is 0 Å². The first-order chi connectivity index (χ1) is 16.1. The summed E-state index contributed by atoms with van der Waals surface area (Å²) in [6, 6.07) is 19.5. The van der Waals surface area contributed by atoms with Gasteiger partial charge in [-0.15, -0.1) is 0 Å². The summed E-state index contributed by atoms with van der Waals surface area (Å²) < 4.78 is 0. The van der Waals surface area contributed by atoms with Gasteiger partial charge in [0.05, 0.1) is 28.7 Å². The number of pyridine rings is 1. The van der Waals surface area contributed by atoms with Crippen LogP contribution in [-0.2, 0) is 4.79 Å². The van der Waals surface area contributed by atoms with Crippen LogP contribution in [0.2, 0.25) is 5.02 Å². The molecule has 2 heterocycles. The molecule has 0 saturated carbocycles. The molecule has 2 amide bonds. The number of carbonyl (C=O) groups excluding carboxylic acids is 2. The molecule has 0 radical (unpaired) electrons. The van der Waals surface area contributed by atoms with Crippen molar-refractivity contribution in [3.8, 4) is 0 Å². The van der Waals surface area contributed by atoms with E-state index in [4.69, 9.17) is 11.6 Å². The Labute approximate surface area is 199 Å². The Bertz CT molecular complexity index is 1100. The highest BCUT2D eigenvalue weighted by Gasteiger charge is 2.22. The highest BCUT2D eigenvalue weighted by molar-refractivity contribution is 6.33. The summed E-state index contributed by atoms with van der Waals surface area (Å²) in [4.78, 5) is 32.7. The van der Waals surface area contributed by atoms with E-state index >= 15 is 0 Å². The zero-order valence-corrected chi connectivity index (χ0v) is 19.1. The van der Waals surface area contributed by atoms with Crippen LogP contribution in [0.5, 0.6) is 0 Å². The number of nitrogens with zero attached hydrogens (tertiary/aromatic N) is 2. The largest absolute Gasteiger partial charge is 0.355 e. The number of anilines is 2. The molecule has 0 bridgehead atoms. The maximum atomic E-state index is 13.1. The lowest BCUT2D eigenvalue weighted by Gasteiger charge is -2.29. The van der Waals surface area contributed by atoms with Crippen molar-refractivity contribution < 1.29 is 9.59 Å². The fourth-order valence-electron chi connectivity index (χ4n) is 4.06. The van der Waals surface area contributed by atoms with Crippen molar-refractivity contribution in [2.45, 2.75) is 31.7 Å². The molecule has 1 fully saturated rings. The Balaban J connectivity index is 1.51. The number of hydrogen-bond acceptors (Lipinski definition) is 4. The van der Waals surface area contributed by atoms with Gasteiger partial charge in [0.2, 0.25) is 5.91 Å². The van der Waals surface area contributed by atoms with E-state index in [1.165, 1.54) is 6.42 Å². The average Bonchev–Trinajstić information content (AvgIpc) is 2.85. The number of benzene rings is 2. The van der Waals surface area contributed by atoms with Gasteiger partial charge in [-0.25, -0.2) is 4.98 Å². The van der Waals surface area contributed by atoms with Gasteiger partial charge in [0.1, 0.15) is 0 Å². The van der Waals surface area contributed by atoms with Crippen LogP contribution in [0.1, 0.15) is 47.6 Å². The van der Waals surface area contributed by atoms with Crippen LogP contribution < -0.4 is 15.5 Å². The summed E-state index contributed by atoms with van der Waals surface area (Å²) in [7, 11) is 0. The van der Waals surface area contributed by atoms with E-state index < -0.39 is 6.04 Å². The molecule has 0 spiro atoms. The molecule has 2 N–H and O–H groups in total. The third-order valence-corrected chi connectivity index (χ3v) is 6.06. The zero-order valence-electron chi connectivity index (χ0n) is 18.3. The summed E-state index contributed by atoms with van der Waals surface area (Å²) in [6.07, 6.45) is 5.28. The summed E-state index contributed by atoms with van der Waals surface area (Å²) in [6.45, 7) is 1.86. The molecule has 1 aliphatic rings. The van der Waals surface area contributed by atoms with E-state index in [9.17, 15) is 9.59 Å². The minimum Gasteiger partial charge on any atom is -0.355 e. The lowest BCUT2D eigenvalue weighted by Crippen LogP contribution is -2.33. The van der Waals surface area contributed by atoms with Crippen molar-refractivity contribution in [1.29, 1.82) is 0 Å². The molecular formula is C26H27ClN4O2. The normalized spacial score (nSPS) is 14.4. The fraction of sp³-hybridized carbons (Fsp3) is 0.269. The maximum Gasteiger partial charge on any atom is 0.253 e. The quantitative estimate of drug-likeness (QED) is 0.504. The smallest absolute Gasteiger partial charge is 0.253 e. The Morgan fingerprint density at radius 3 is 2.42 bits per heavy atom. The first-order valence-electron chi connectivity index (χ1n) is 11.2. The molecule has 1 atom stereocenters. The molecule has 1 aromatic heterocycles. The summed E-state index contributed by atoms with van der Waals surface area (Å²) in [5.41, 5.74) is 1.91. The number of aromatic nitrogens is 1. The molecular weight excluding hydrogens is 436 g/mol. The van der Waals surface area contributed by atoms with Crippen molar-refractivity contribution in [3.05, 3.63) is 89.1 Å². The van der Waals surface area contributed by atoms with Gasteiger partial charge >= 0.3 is 0 Å². The highest BCUT2D eigenvalue weighted by Crippen LogP contribution is 2.27. The number of halogens is 1. The maximum absolute atomic E-state index is 13.1. The van der Waals surface area contributed by atoms with Gasteiger partial charge in [-0.3, -0.25) is 9.59 Å². The predicted molar refractivity (Wildman–Crippen MR) is 132 cm³/mol. The minimum absolute atomic E-state index is 0.0779. The topological polar surface area (TPSA) is 74.3 Å². The molecule has 1 unspecified atom stereocenters. The van der Waals surface area contributed by atoms with E-state index in [0.29, 0.717) is 16.3 Å². The second-order valence-corrected chi connectivity index (χ2v) is 8.50. The van der Waals surface area contributed by atoms with Crippen molar-refractivity contribution in [3.63, 3.8) is 0 Å². The van der Waals surface area contributed by atoms with Crippen molar-refractivity contribution in [2.24, 2.45) is 0 Å². The van der Waals surface area contributed by atoms with Gasteiger partial charge in [0.25, 0.3) is 5.91 Å². The lowest BCUT2D eigenvalue weighted by molar-refractivity contribution is -0.116. The SMILES string of the molecule is O=C(CC(NC(=O)c1ccccc1Cl)c1ccccc1)Nc1cccnc1N1CCCCC1. The average molecular weight is 463 g/mol. The van der Waals surface area contributed by atoms with Gasteiger partial charge in [-0.05, 0) is 49.1 Å². The predicted octanol–water partition coefficient (Wildman–Crippen LogP) is 5.23. The van der Waals surface area contributed by atoms with Crippen LogP contribution in [0, 0.1) is 0 Å². The number of piperidine rings is 1.